The van der Waals surface area contributed by atoms with Crippen LogP contribution in [0.4, 0.5) is 0 Å². The van der Waals surface area contributed by atoms with Crippen molar-refractivity contribution in [3.8, 4) is 0 Å². The van der Waals surface area contributed by atoms with Gasteiger partial charge in [-0.25, -0.2) is 0 Å². The first kappa shape index (κ1) is 18.5. The number of aliphatic hydroxyl groups is 1. The normalized spacial score (nSPS) is 14.4. The van der Waals surface area contributed by atoms with Gasteiger partial charge in [0.1, 0.15) is 6.04 Å². The zero-order chi connectivity index (χ0) is 18.2. The van der Waals surface area contributed by atoms with Crippen molar-refractivity contribution < 1.29 is 9.84 Å². The van der Waals surface area contributed by atoms with Gasteiger partial charge in [0.25, 0.3) is 0 Å². The Morgan fingerprint density at radius 3 is 2.16 bits per heavy atom. The van der Waals surface area contributed by atoms with Crippen LogP contribution in [-0.2, 0) is 11.3 Å². The lowest BCUT2D eigenvalue weighted by atomic mass is 10.0. The highest BCUT2D eigenvalue weighted by Crippen LogP contribution is 2.28. The van der Waals surface area contributed by atoms with E-state index in [1.165, 1.54) is 7.11 Å². The molecule has 0 aliphatic rings. The van der Waals surface area contributed by atoms with Crippen LogP contribution in [-0.4, -0.2) is 23.2 Å². The molecule has 0 bridgehead atoms. The first-order valence-corrected chi connectivity index (χ1v) is 8.25. The molecular weight excluding hydrogens is 314 g/mol. The highest BCUT2D eigenvalue weighted by molar-refractivity contribution is 5.24. The molecule has 2 atom stereocenters. The minimum Gasteiger partial charge on any atom is -0.475 e. The Morgan fingerprint density at radius 1 is 1.08 bits per heavy atom. The fourth-order valence-corrected chi connectivity index (χ4v) is 2.89. The lowest BCUT2D eigenvalue weighted by molar-refractivity contribution is 0.113. The van der Waals surface area contributed by atoms with E-state index in [1.807, 2.05) is 55.5 Å². The minimum absolute atomic E-state index is 0.0396. The summed E-state index contributed by atoms with van der Waals surface area (Å²) in [7, 11) is 1.34. The van der Waals surface area contributed by atoms with E-state index in [4.69, 9.17) is 4.74 Å². The van der Waals surface area contributed by atoms with Gasteiger partial charge < -0.3 is 9.84 Å². The number of aliphatic hydroxyl groups excluding tert-OH is 1. The van der Waals surface area contributed by atoms with Gasteiger partial charge in [0, 0.05) is 12.6 Å². The number of rotatable bonds is 7. The highest BCUT2D eigenvalue weighted by Gasteiger charge is 2.36. The Bertz CT molecular complexity index is 739. The van der Waals surface area contributed by atoms with Crippen LogP contribution in [0.15, 0.2) is 72.3 Å². The largest absolute Gasteiger partial charge is 0.475 e. The second-order valence-corrected chi connectivity index (χ2v) is 5.92. The van der Waals surface area contributed by atoms with Crippen molar-refractivity contribution in [2.45, 2.75) is 32.5 Å². The van der Waals surface area contributed by atoms with Crippen molar-refractivity contribution >= 4 is 0 Å². The number of benzene rings is 2. The van der Waals surface area contributed by atoms with Crippen molar-refractivity contribution in [1.82, 2.24) is 4.90 Å². The van der Waals surface area contributed by atoms with Crippen molar-refractivity contribution in [3.05, 3.63) is 88.4 Å². The van der Waals surface area contributed by atoms with Crippen LogP contribution < -0.4 is 0 Å². The molecule has 0 radical (unpaired) electrons. The third-order valence-electron chi connectivity index (χ3n) is 4.40. The second-order valence-electron chi connectivity index (χ2n) is 5.92. The summed E-state index contributed by atoms with van der Waals surface area (Å²) in [6, 6.07) is 19.8. The minimum atomic E-state index is -0.381. The Balaban J connectivity index is 2.40. The summed E-state index contributed by atoms with van der Waals surface area (Å²) < 4.78 is 4.86. The quantitative estimate of drug-likeness (QED) is 0.578. The van der Waals surface area contributed by atoms with Crippen molar-refractivity contribution in [2.75, 3.05) is 7.11 Å². The van der Waals surface area contributed by atoms with Crippen molar-refractivity contribution in [1.29, 1.82) is 5.39 Å². The smallest absolute Gasteiger partial charge is 0.456 e. The monoisotopic (exact) mass is 338 g/mol. The Morgan fingerprint density at radius 2 is 1.64 bits per heavy atom. The Hall–Kier alpha value is -2.84. The average molecular weight is 338 g/mol. The van der Waals surface area contributed by atoms with E-state index in [0.29, 0.717) is 6.54 Å². The molecule has 0 fully saturated rings. The molecule has 0 aliphatic carbocycles. The summed E-state index contributed by atoms with van der Waals surface area (Å²) in [5.41, 5.74) is 2.37. The summed E-state index contributed by atoms with van der Waals surface area (Å²) in [6.07, 6.45) is 0. The molecule has 130 valence electrons. The van der Waals surface area contributed by atoms with Crippen LogP contribution in [0.25, 0.3) is 4.98 Å². The highest BCUT2D eigenvalue weighted by atomic mass is 16.6. The van der Waals surface area contributed by atoms with E-state index in [9.17, 15) is 10.5 Å². The summed E-state index contributed by atoms with van der Waals surface area (Å²) >= 11 is 0. The molecule has 25 heavy (non-hydrogen) atoms. The molecule has 0 unspecified atom stereocenters. The van der Waals surface area contributed by atoms with Crippen LogP contribution in [0, 0.1) is 5.39 Å². The number of nitrogens with zero attached hydrogens (tertiary/aromatic N) is 3. The van der Waals surface area contributed by atoms with E-state index in [2.05, 4.69) is 28.9 Å². The van der Waals surface area contributed by atoms with Crippen LogP contribution in [0.1, 0.15) is 31.0 Å². The lowest BCUT2D eigenvalue weighted by Gasteiger charge is -2.32. The predicted molar refractivity (Wildman–Crippen MR) is 98.1 cm³/mol. The van der Waals surface area contributed by atoms with E-state index >= 15 is 0 Å². The van der Waals surface area contributed by atoms with E-state index < -0.39 is 0 Å². The molecule has 0 aliphatic heterocycles. The molecule has 2 rings (SSSR count). The molecule has 0 amide bonds. The van der Waals surface area contributed by atoms with Crippen LogP contribution in [0.5, 0.6) is 0 Å². The number of hydrogen-bond acceptors (Lipinski definition) is 4. The van der Waals surface area contributed by atoms with E-state index in [1.54, 1.807) is 0 Å². The van der Waals surface area contributed by atoms with Gasteiger partial charge in [0.05, 0.1) is 7.11 Å². The molecule has 0 heterocycles. The molecule has 2 aromatic carbocycles. The first-order valence-electron chi connectivity index (χ1n) is 8.25. The predicted octanol–water partition coefficient (Wildman–Crippen LogP) is 4.86. The Kier molecular flexibility index (Phi) is 6.55. The summed E-state index contributed by atoms with van der Waals surface area (Å²) in [5, 5.41) is 19.3. The molecule has 2 aromatic rings. The molecule has 1 N–H and O–H groups in total. The van der Waals surface area contributed by atoms with E-state index in [0.717, 1.165) is 11.1 Å². The van der Waals surface area contributed by atoms with Crippen LogP contribution in [0.2, 0.25) is 0 Å². The summed E-state index contributed by atoms with van der Waals surface area (Å²) in [4.78, 5) is 5.41. The summed E-state index contributed by atoms with van der Waals surface area (Å²) in [5.74, 6) is -0.381. The van der Waals surface area contributed by atoms with Gasteiger partial charge in [-0.1, -0.05) is 60.7 Å². The molecule has 0 aromatic heterocycles. The standard InChI is InChI=1S/C20H23N3O2/c1-15(18-12-8-5-9-13-18)23(14-17-10-6-4-7-11-17)16(2)19(22-21)20(24)25-3/h4-13,15-16H,14H2,1-3H3/p+1/b20-19-/t15-,16-/m0/s1. The zero-order valence-corrected chi connectivity index (χ0v) is 14.8. The van der Waals surface area contributed by atoms with Gasteiger partial charge in [0.2, 0.25) is 5.39 Å². The van der Waals surface area contributed by atoms with Crippen LogP contribution >= 0.6 is 0 Å². The second kappa shape index (κ2) is 8.86. The van der Waals surface area contributed by atoms with E-state index in [-0.39, 0.29) is 23.7 Å². The molecular formula is C20H24N3O2+. The van der Waals surface area contributed by atoms with Crippen molar-refractivity contribution in [2.24, 2.45) is 0 Å². The fraction of sp³-hybridized carbons (Fsp3) is 0.300. The SMILES string of the molecule is CO/C(O)=C(\[N+]#N)[C@H](C)N(Cc1ccccc1)[C@@H](C)c1ccccc1. The van der Waals surface area contributed by atoms with Gasteiger partial charge >= 0.3 is 11.6 Å². The Labute approximate surface area is 148 Å². The zero-order valence-electron chi connectivity index (χ0n) is 14.8. The number of methoxy groups -OCH3 is 1. The molecule has 0 saturated carbocycles. The number of ether oxygens (including phenoxy) is 1. The maximum Gasteiger partial charge on any atom is 0.456 e. The van der Waals surface area contributed by atoms with Gasteiger partial charge in [-0.05, 0) is 25.0 Å². The fourth-order valence-electron chi connectivity index (χ4n) is 2.89. The molecule has 5 heteroatoms. The van der Waals surface area contributed by atoms with Gasteiger partial charge in [-0.15, -0.1) is 0 Å². The summed E-state index contributed by atoms with van der Waals surface area (Å²) in [6.45, 7) is 4.61. The number of hydrogen-bond donors (Lipinski definition) is 1. The third-order valence-corrected chi connectivity index (χ3v) is 4.40. The molecule has 5 nitrogen and oxygen atoms in total. The van der Waals surface area contributed by atoms with Crippen molar-refractivity contribution in [3.63, 3.8) is 0 Å². The lowest BCUT2D eigenvalue weighted by Crippen LogP contribution is -2.36. The first-order chi connectivity index (χ1) is 12.1. The van der Waals surface area contributed by atoms with Gasteiger partial charge in [-0.3, -0.25) is 4.90 Å². The van der Waals surface area contributed by atoms with Gasteiger partial charge in [0.15, 0.2) is 4.98 Å². The average Bonchev–Trinajstić information content (AvgIpc) is 2.67. The maximum absolute atomic E-state index is 9.93. The van der Waals surface area contributed by atoms with Gasteiger partial charge in [-0.2, -0.15) is 0 Å². The number of diazo groups is 1. The topological polar surface area (TPSA) is 60.9 Å². The maximum atomic E-state index is 9.93. The molecule has 0 saturated heterocycles. The molecule has 0 spiro atoms. The van der Waals surface area contributed by atoms with Crippen LogP contribution in [0.3, 0.4) is 0 Å². The third kappa shape index (κ3) is 4.59.